The smallest absolute Gasteiger partial charge is 0.305 e. The summed E-state index contributed by atoms with van der Waals surface area (Å²) in [5.41, 5.74) is 7.54. The van der Waals surface area contributed by atoms with Crippen molar-refractivity contribution in [2.24, 2.45) is 30.0 Å². The Morgan fingerprint density at radius 1 is 0.527 bits per heavy atom. The fourth-order valence-corrected chi connectivity index (χ4v) is 11.1. The molecule has 8 bridgehead atoms. The highest BCUT2D eigenvalue weighted by molar-refractivity contribution is 8.03. The van der Waals surface area contributed by atoms with E-state index in [1.54, 1.807) is 23.5 Å². The van der Waals surface area contributed by atoms with E-state index in [2.05, 4.69) is 18.8 Å². The van der Waals surface area contributed by atoms with E-state index >= 15 is 0 Å². The number of hydrogen-bond donors (Lipinski definition) is 1. The third-order valence-electron chi connectivity index (χ3n) is 11.7. The number of esters is 2. The van der Waals surface area contributed by atoms with Crippen molar-refractivity contribution in [1.29, 1.82) is 0 Å². The molecule has 2 aromatic carbocycles. The van der Waals surface area contributed by atoms with Gasteiger partial charge in [-0.15, -0.1) is 23.5 Å². The molecule has 3 aliphatic heterocycles. The predicted molar refractivity (Wildman–Crippen MR) is 297 cm³/mol. The SMILES string of the molecule is CCCOC(=O)CCCSC1=C2CC(=C1CCC)N=C1N=C(N=c3[nH]c(c(SCCCC(=O)OCCC)c3CCC)=NC3=NC(=N2)c2c(OC(C)C)ccc(OC(C)C)c23)c2c(OC(C)C)ccc(OC(C)C)c21. The lowest BCUT2D eigenvalue weighted by molar-refractivity contribution is -0.144. The quantitative estimate of drug-likeness (QED) is 0.0462. The lowest BCUT2D eigenvalue weighted by Gasteiger charge is -2.18. The van der Waals surface area contributed by atoms with Crippen LogP contribution in [-0.4, -0.2) is 89.4 Å². The van der Waals surface area contributed by atoms with Crippen molar-refractivity contribution in [3.05, 3.63) is 84.9 Å². The first-order valence-corrected chi connectivity index (χ1v) is 28.7. The highest BCUT2D eigenvalue weighted by Crippen LogP contribution is 2.46. The number of benzene rings is 2. The van der Waals surface area contributed by atoms with E-state index in [1.807, 2.05) is 93.5 Å². The molecule has 0 unspecified atom stereocenters. The van der Waals surface area contributed by atoms with E-state index in [4.69, 9.17) is 58.4 Å². The first-order valence-electron chi connectivity index (χ1n) is 26.7. The zero-order valence-corrected chi connectivity index (χ0v) is 47.1. The van der Waals surface area contributed by atoms with Gasteiger partial charge in [-0.2, -0.15) is 0 Å². The number of rotatable bonds is 26. The Morgan fingerprint density at radius 3 is 1.38 bits per heavy atom. The Hall–Kier alpha value is -5.68. The minimum absolute atomic E-state index is 0.153. The topological polar surface area (TPSA) is 179 Å². The van der Waals surface area contributed by atoms with Crippen molar-refractivity contribution in [2.75, 3.05) is 24.7 Å². The van der Waals surface area contributed by atoms with Gasteiger partial charge < -0.3 is 33.4 Å². The number of aromatic amines is 1. The van der Waals surface area contributed by atoms with Crippen LogP contribution in [0, 0.1) is 0 Å². The normalized spacial score (nSPS) is 14.7. The fraction of sp³-hybridized carbons (Fsp3) is 0.544. The Labute approximate surface area is 445 Å². The van der Waals surface area contributed by atoms with Gasteiger partial charge in [0.05, 0.1) is 76.2 Å². The molecule has 1 N–H and O–H groups in total. The number of aliphatic imine (C=N–C) groups is 4. The van der Waals surface area contributed by atoms with Crippen LogP contribution in [-0.2, 0) is 25.5 Å². The monoisotopic (exact) mass is 1050 g/mol. The third-order valence-corrected chi connectivity index (χ3v) is 14.1. The predicted octanol–water partition coefficient (Wildman–Crippen LogP) is 11.7. The largest absolute Gasteiger partial charge is 0.490 e. The minimum Gasteiger partial charge on any atom is -0.490 e. The van der Waals surface area contributed by atoms with E-state index in [9.17, 15) is 9.59 Å². The van der Waals surface area contributed by atoms with Crippen LogP contribution >= 0.6 is 23.5 Å². The average Bonchev–Trinajstić information content (AvgIpc) is 4.07. The summed E-state index contributed by atoms with van der Waals surface area (Å²) in [6, 6.07) is 7.73. The third kappa shape index (κ3) is 13.6. The number of carbonyl (C=O) groups excluding carboxylic acids is 2. The molecule has 0 radical (unpaired) electrons. The van der Waals surface area contributed by atoms with Crippen LogP contribution < -0.4 is 29.9 Å². The maximum atomic E-state index is 12.7. The minimum atomic E-state index is -0.209. The Morgan fingerprint density at radius 2 is 0.946 bits per heavy atom. The molecule has 0 spiro atoms. The molecule has 15 nitrogen and oxygen atoms in total. The number of allylic oxidation sites excluding steroid dienone is 1. The van der Waals surface area contributed by atoms with Gasteiger partial charge in [-0.05, 0) is 135 Å². The molecule has 4 aliphatic rings. The first-order chi connectivity index (χ1) is 35.6. The number of carbonyl (C=O) groups is 2. The number of amidine groups is 4. The van der Waals surface area contributed by atoms with Crippen LogP contribution in [0.2, 0.25) is 0 Å². The summed E-state index contributed by atoms with van der Waals surface area (Å²) in [6.07, 6.45) is 6.17. The maximum Gasteiger partial charge on any atom is 0.305 e. The van der Waals surface area contributed by atoms with E-state index in [0.717, 1.165) is 64.4 Å². The maximum absolute atomic E-state index is 12.7. The molecular weight excluding hydrogens is 975 g/mol. The second kappa shape index (κ2) is 26.2. The van der Waals surface area contributed by atoms with Gasteiger partial charge in [0.25, 0.3) is 0 Å². The van der Waals surface area contributed by atoms with E-state index < -0.39 is 0 Å². The summed E-state index contributed by atoms with van der Waals surface area (Å²) in [5, 5.41) is 0. The average molecular weight is 1050 g/mol. The van der Waals surface area contributed by atoms with Gasteiger partial charge in [-0.3, -0.25) is 9.59 Å². The van der Waals surface area contributed by atoms with Crippen LogP contribution in [0.5, 0.6) is 23.0 Å². The highest BCUT2D eigenvalue weighted by atomic mass is 32.2. The lowest BCUT2D eigenvalue weighted by Crippen LogP contribution is -2.18. The summed E-state index contributed by atoms with van der Waals surface area (Å²) in [7, 11) is 0. The molecule has 3 aromatic rings. The Bertz CT molecular complexity index is 2890. The number of ether oxygens (including phenoxy) is 6. The number of hydrogen-bond acceptors (Lipinski definition) is 16. The summed E-state index contributed by atoms with van der Waals surface area (Å²) >= 11 is 3.30. The van der Waals surface area contributed by atoms with Crippen molar-refractivity contribution >= 4 is 58.8 Å². The number of thioether (sulfide) groups is 2. The van der Waals surface area contributed by atoms with Crippen molar-refractivity contribution in [3.63, 3.8) is 0 Å². The van der Waals surface area contributed by atoms with Gasteiger partial charge in [0, 0.05) is 29.7 Å². The van der Waals surface area contributed by atoms with Gasteiger partial charge in [0.1, 0.15) is 34.0 Å². The number of aromatic nitrogens is 1. The molecule has 0 saturated heterocycles. The van der Waals surface area contributed by atoms with E-state index in [-0.39, 0.29) is 36.4 Å². The molecule has 0 atom stereocenters. The Balaban J connectivity index is 1.56. The zero-order chi connectivity index (χ0) is 53.1. The molecular formula is C57H75N7O8S2. The molecule has 398 valence electrons. The van der Waals surface area contributed by atoms with Crippen molar-refractivity contribution in [1.82, 2.24) is 4.98 Å². The van der Waals surface area contributed by atoms with Gasteiger partial charge in [-0.25, -0.2) is 30.0 Å². The van der Waals surface area contributed by atoms with Crippen molar-refractivity contribution in [3.8, 4) is 23.0 Å². The molecule has 4 heterocycles. The molecule has 17 heteroatoms. The Kier molecular flexibility index (Phi) is 19.8. The highest BCUT2D eigenvalue weighted by Gasteiger charge is 2.36. The zero-order valence-electron chi connectivity index (χ0n) is 45.5. The van der Waals surface area contributed by atoms with E-state index in [0.29, 0.717) is 143 Å². The van der Waals surface area contributed by atoms with Crippen LogP contribution in [0.1, 0.15) is 175 Å². The van der Waals surface area contributed by atoms with Gasteiger partial charge in [-0.1, -0.05) is 40.5 Å². The fourth-order valence-electron chi connectivity index (χ4n) is 8.83. The van der Waals surface area contributed by atoms with Gasteiger partial charge >= 0.3 is 11.9 Å². The molecule has 74 heavy (non-hydrogen) atoms. The number of nitrogens with one attached hydrogen (secondary N) is 1. The van der Waals surface area contributed by atoms with Gasteiger partial charge in [0.15, 0.2) is 23.3 Å². The molecule has 0 saturated carbocycles. The lowest BCUT2D eigenvalue weighted by atomic mass is 10.0. The van der Waals surface area contributed by atoms with E-state index in [1.165, 1.54) is 0 Å². The van der Waals surface area contributed by atoms with Crippen LogP contribution in [0.15, 0.2) is 81.0 Å². The van der Waals surface area contributed by atoms with Crippen molar-refractivity contribution in [2.45, 2.75) is 183 Å². The van der Waals surface area contributed by atoms with Crippen LogP contribution in [0.4, 0.5) is 0 Å². The summed E-state index contributed by atoms with van der Waals surface area (Å²) in [4.78, 5) is 63.6. The number of fused-ring (bicyclic) bond motifs is 12. The number of H-pyrrole nitrogens is 1. The second-order valence-electron chi connectivity index (χ2n) is 19.6. The first kappa shape index (κ1) is 56.1. The standard InChI is InChI=1S/C57H75N7O8S2/c1-13-19-36-38-31-39(50(36)73-29-17-21-44(65)67-27-15-3)59-54-47-41(70-33(7)8)24-26-43(72-35(11)12)49(47)56(63-54)64-57-51(74-30-18-22-45(66)68-28-16-4)37(20-14-2)52(61-57)60-55-48-42(71-34(9)10)25-23-40(69-32(5)6)46(48)53(58-38)62-55/h23-26,32-35H,13-22,27-31H2,1-12H3,(H,58,59,60,61,62,63,64). The van der Waals surface area contributed by atoms with Gasteiger partial charge in [0.2, 0.25) is 0 Å². The summed E-state index contributed by atoms with van der Waals surface area (Å²) in [6.45, 7) is 25.1. The second-order valence-corrected chi connectivity index (χ2v) is 21.8. The van der Waals surface area contributed by atoms with Crippen LogP contribution in [0.3, 0.4) is 0 Å². The summed E-state index contributed by atoms with van der Waals surface area (Å²) in [5.74, 6) is 5.05. The molecule has 0 fully saturated rings. The summed E-state index contributed by atoms with van der Waals surface area (Å²) < 4.78 is 37.2. The number of nitrogens with zero attached hydrogens (tertiary/aromatic N) is 6. The van der Waals surface area contributed by atoms with Crippen LogP contribution in [0.25, 0.3) is 0 Å². The van der Waals surface area contributed by atoms with Crippen molar-refractivity contribution < 1.29 is 38.0 Å². The molecule has 7 rings (SSSR count). The molecule has 0 amide bonds. The molecule has 1 aliphatic carbocycles. The molecule has 1 aromatic heterocycles.